The molecule has 2 rings (SSSR count). The second kappa shape index (κ2) is 9.86. The van der Waals surface area contributed by atoms with Gasteiger partial charge in [0.1, 0.15) is 0 Å². The van der Waals surface area contributed by atoms with Crippen molar-refractivity contribution in [2.45, 2.75) is 38.7 Å². The van der Waals surface area contributed by atoms with Crippen LogP contribution in [0.15, 0.2) is 18.2 Å². The summed E-state index contributed by atoms with van der Waals surface area (Å²) in [6, 6.07) is 3.74. The van der Waals surface area contributed by atoms with Crippen molar-refractivity contribution in [1.82, 2.24) is 4.90 Å². The Morgan fingerprint density at radius 2 is 1.96 bits per heavy atom. The van der Waals surface area contributed by atoms with Crippen molar-refractivity contribution >= 4 is 23.3 Å². The number of carbonyl (C=O) groups excluding carboxylic acids is 2. The van der Waals surface area contributed by atoms with Crippen molar-refractivity contribution in [3.8, 4) is 0 Å². The van der Waals surface area contributed by atoms with E-state index in [4.69, 9.17) is 9.84 Å². The normalized spacial score (nSPS) is 15.6. The molecule has 9 nitrogen and oxygen atoms in total. The number of aliphatic hydroxyl groups excluding tert-OH is 1. The largest absolute Gasteiger partial charge is 0.449 e. The number of benzene rings is 1. The Balaban J connectivity index is 2.13. The first-order chi connectivity index (χ1) is 12.9. The summed E-state index contributed by atoms with van der Waals surface area (Å²) in [4.78, 5) is 37.2. The SMILES string of the molecule is CC(OC(=O)c1cc([N+](=O)[O-])ccc1NCCO)C(=O)N1CCCCCC1. The number of hydrogen-bond donors (Lipinski definition) is 2. The monoisotopic (exact) mass is 379 g/mol. The zero-order valence-corrected chi connectivity index (χ0v) is 15.3. The Morgan fingerprint density at radius 1 is 1.30 bits per heavy atom. The molecule has 0 bridgehead atoms. The van der Waals surface area contributed by atoms with Gasteiger partial charge in [-0.05, 0) is 25.8 Å². The van der Waals surface area contributed by atoms with Gasteiger partial charge in [-0.2, -0.15) is 0 Å². The summed E-state index contributed by atoms with van der Waals surface area (Å²) in [6.07, 6.45) is 3.01. The summed E-state index contributed by atoms with van der Waals surface area (Å²) in [7, 11) is 0. The first-order valence-electron chi connectivity index (χ1n) is 9.07. The number of ether oxygens (including phenoxy) is 1. The van der Waals surface area contributed by atoms with E-state index in [0.29, 0.717) is 18.8 Å². The summed E-state index contributed by atoms with van der Waals surface area (Å²) < 4.78 is 5.29. The molecule has 0 aliphatic carbocycles. The van der Waals surface area contributed by atoms with Crippen molar-refractivity contribution in [3.05, 3.63) is 33.9 Å². The highest BCUT2D eigenvalue weighted by Crippen LogP contribution is 2.24. The topological polar surface area (TPSA) is 122 Å². The molecule has 1 unspecified atom stereocenters. The molecule has 1 aliphatic rings. The van der Waals surface area contributed by atoms with Gasteiger partial charge in [0.05, 0.1) is 17.1 Å². The zero-order valence-electron chi connectivity index (χ0n) is 15.3. The van der Waals surface area contributed by atoms with E-state index >= 15 is 0 Å². The summed E-state index contributed by atoms with van der Waals surface area (Å²) in [5.74, 6) is -1.09. The highest BCUT2D eigenvalue weighted by Gasteiger charge is 2.26. The minimum absolute atomic E-state index is 0.0480. The molecule has 148 valence electrons. The third-order valence-corrected chi connectivity index (χ3v) is 4.41. The Hall–Kier alpha value is -2.68. The number of rotatable bonds is 7. The molecule has 1 aromatic rings. The fraction of sp³-hybridized carbons (Fsp3) is 0.556. The van der Waals surface area contributed by atoms with Crippen LogP contribution in [0.4, 0.5) is 11.4 Å². The standard InChI is InChI=1S/C18H25N3O6/c1-13(17(23)20-9-4-2-3-5-10-20)27-18(24)15-12-14(21(25)26)6-7-16(15)19-8-11-22/h6-7,12-13,19,22H,2-5,8-11H2,1H3. The lowest BCUT2D eigenvalue weighted by molar-refractivity contribution is -0.384. The molecule has 1 aromatic carbocycles. The smallest absolute Gasteiger partial charge is 0.341 e. The first kappa shape index (κ1) is 20.6. The van der Waals surface area contributed by atoms with Crippen LogP contribution in [0.1, 0.15) is 43.0 Å². The quantitative estimate of drug-likeness (QED) is 0.422. The van der Waals surface area contributed by atoms with Gasteiger partial charge < -0.3 is 20.1 Å². The van der Waals surface area contributed by atoms with Gasteiger partial charge in [0.15, 0.2) is 6.10 Å². The third-order valence-electron chi connectivity index (χ3n) is 4.41. The van der Waals surface area contributed by atoms with Crippen LogP contribution in [0.5, 0.6) is 0 Å². The van der Waals surface area contributed by atoms with Gasteiger partial charge in [-0.15, -0.1) is 0 Å². The molecule has 1 fully saturated rings. The molecular formula is C18H25N3O6. The van der Waals surface area contributed by atoms with E-state index < -0.39 is 17.0 Å². The van der Waals surface area contributed by atoms with Crippen molar-refractivity contribution in [2.75, 3.05) is 31.6 Å². The van der Waals surface area contributed by atoms with Gasteiger partial charge >= 0.3 is 5.97 Å². The van der Waals surface area contributed by atoms with Crippen molar-refractivity contribution < 1.29 is 24.4 Å². The van der Waals surface area contributed by atoms with E-state index in [-0.39, 0.29) is 30.3 Å². The number of esters is 1. The Morgan fingerprint density at radius 3 is 2.56 bits per heavy atom. The highest BCUT2D eigenvalue weighted by molar-refractivity contribution is 5.98. The molecule has 0 radical (unpaired) electrons. The molecule has 9 heteroatoms. The molecule has 0 aromatic heterocycles. The molecule has 1 amide bonds. The van der Waals surface area contributed by atoms with Crippen LogP contribution in [-0.2, 0) is 9.53 Å². The van der Waals surface area contributed by atoms with E-state index in [1.165, 1.54) is 19.1 Å². The number of nitro groups is 1. The van der Waals surface area contributed by atoms with Crippen LogP contribution in [-0.4, -0.2) is 59.2 Å². The lowest BCUT2D eigenvalue weighted by atomic mass is 10.1. The van der Waals surface area contributed by atoms with Crippen LogP contribution in [0.25, 0.3) is 0 Å². The number of nitrogens with one attached hydrogen (secondary N) is 1. The van der Waals surface area contributed by atoms with E-state index in [0.717, 1.165) is 31.7 Å². The third kappa shape index (κ3) is 5.65. The van der Waals surface area contributed by atoms with Gasteiger partial charge in [-0.1, -0.05) is 12.8 Å². The number of anilines is 1. The predicted molar refractivity (Wildman–Crippen MR) is 98.6 cm³/mol. The number of amides is 1. The number of hydrogen-bond acceptors (Lipinski definition) is 7. The minimum Gasteiger partial charge on any atom is -0.449 e. The predicted octanol–water partition coefficient (Wildman–Crippen LogP) is 1.95. The van der Waals surface area contributed by atoms with Crippen molar-refractivity contribution in [2.24, 2.45) is 0 Å². The number of aliphatic hydroxyl groups is 1. The van der Waals surface area contributed by atoms with Crippen LogP contribution >= 0.6 is 0 Å². The van der Waals surface area contributed by atoms with Gasteiger partial charge in [0, 0.05) is 37.5 Å². The number of likely N-dealkylation sites (tertiary alicyclic amines) is 1. The fourth-order valence-corrected chi connectivity index (χ4v) is 2.98. The Labute approximate surface area is 157 Å². The number of non-ortho nitro benzene ring substituents is 1. The molecule has 2 N–H and O–H groups in total. The zero-order chi connectivity index (χ0) is 19.8. The average molecular weight is 379 g/mol. The van der Waals surface area contributed by atoms with Gasteiger partial charge in [-0.3, -0.25) is 14.9 Å². The Bertz CT molecular complexity index is 686. The lowest BCUT2D eigenvalue weighted by Crippen LogP contribution is -2.40. The average Bonchev–Trinajstić information content (AvgIpc) is 2.94. The maximum Gasteiger partial charge on any atom is 0.341 e. The molecule has 1 atom stereocenters. The lowest BCUT2D eigenvalue weighted by Gasteiger charge is -2.24. The minimum atomic E-state index is -0.986. The van der Waals surface area contributed by atoms with Crippen LogP contribution in [0, 0.1) is 10.1 Å². The maximum atomic E-state index is 12.6. The molecule has 1 heterocycles. The molecule has 0 saturated carbocycles. The summed E-state index contributed by atoms with van der Waals surface area (Å²) in [5.41, 5.74) is -0.00904. The Kier molecular flexibility index (Phi) is 7.54. The number of nitrogens with zero attached hydrogens (tertiary/aromatic N) is 2. The van der Waals surface area contributed by atoms with Gasteiger partial charge in [0.2, 0.25) is 0 Å². The van der Waals surface area contributed by atoms with Crippen LogP contribution in [0.3, 0.4) is 0 Å². The summed E-state index contributed by atoms with van der Waals surface area (Å²) in [5, 5.41) is 22.8. The molecule has 0 spiro atoms. The molecule has 1 aliphatic heterocycles. The maximum absolute atomic E-state index is 12.6. The second-order valence-corrected chi connectivity index (χ2v) is 6.42. The highest BCUT2D eigenvalue weighted by atomic mass is 16.6. The van der Waals surface area contributed by atoms with Crippen molar-refractivity contribution in [3.63, 3.8) is 0 Å². The van der Waals surface area contributed by atoms with Gasteiger partial charge in [-0.25, -0.2) is 4.79 Å². The van der Waals surface area contributed by atoms with Crippen LogP contribution < -0.4 is 5.32 Å². The fourth-order valence-electron chi connectivity index (χ4n) is 2.98. The molecule has 1 saturated heterocycles. The molecule has 27 heavy (non-hydrogen) atoms. The second-order valence-electron chi connectivity index (χ2n) is 6.42. The van der Waals surface area contributed by atoms with E-state index in [9.17, 15) is 19.7 Å². The number of carbonyl (C=O) groups is 2. The van der Waals surface area contributed by atoms with Gasteiger partial charge in [0.25, 0.3) is 11.6 Å². The summed E-state index contributed by atoms with van der Waals surface area (Å²) >= 11 is 0. The first-order valence-corrected chi connectivity index (χ1v) is 9.07. The number of nitro benzene ring substituents is 1. The van der Waals surface area contributed by atoms with E-state index in [1.807, 2.05) is 0 Å². The van der Waals surface area contributed by atoms with E-state index in [1.54, 1.807) is 4.90 Å². The van der Waals surface area contributed by atoms with Crippen LogP contribution in [0.2, 0.25) is 0 Å². The summed E-state index contributed by atoms with van der Waals surface area (Å²) in [6.45, 7) is 2.78. The van der Waals surface area contributed by atoms with E-state index in [2.05, 4.69) is 5.32 Å². The van der Waals surface area contributed by atoms with Crippen molar-refractivity contribution in [1.29, 1.82) is 0 Å². The molecular weight excluding hydrogens is 354 g/mol.